The van der Waals surface area contributed by atoms with E-state index in [1.165, 1.54) is 23.3 Å². The number of halogens is 3. The van der Waals surface area contributed by atoms with E-state index >= 15 is 0 Å². The molecule has 3 aromatic rings. The lowest BCUT2D eigenvalue weighted by molar-refractivity contribution is -0.137. The van der Waals surface area contributed by atoms with Gasteiger partial charge < -0.3 is 15.0 Å². The number of alkyl halides is 3. The van der Waals surface area contributed by atoms with Gasteiger partial charge >= 0.3 is 6.18 Å². The van der Waals surface area contributed by atoms with Crippen molar-refractivity contribution >= 4 is 5.57 Å². The number of hydrogen-bond donors (Lipinski definition) is 1. The van der Waals surface area contributed by atoms with Gasteiger partial charge in [0.05, 0.1) is 17.8 Å². The van der Waals surface area contributed by atoms with Gasteiger partial charge in [0.1, 0.15) is 18.2 Å². The lowest BCUT2D eigenvalue weighted by atomic mass is 9.85. The fraction of sp³-hybridized carbons (Fsp3) is 0.500. The fourth-order valence-electron chi connectivity index (χ4n) is 5.19. The molecule has 0 aliphatic heterocycles. The Morgan fingerprint density at radius 3 is 2.64 bits per heavy atom. The van der Waals surface area contributed by atoms with Gasteiger partial charge in [0.15, 0.2) is 5.82 Å². The number of allylic oxidation sites excluding steroid dienone is 1. The Morgan fingerprint density at radius 2 is 1.92 bits per heavy atom. The highest BCUT2D eigenvalue weighted by atomic mass is 19.4. The van der Waals surface area contributed by atoms with Crippen LogP contribution in [0.15, 0.2) is 42.7 Å². The van der Waals surface area contributed by atoms with Crippen LogP contribution in [0.1, 0.15) is 79.7 Å². The van der Waals surface area contributed by atoms with Gasteiger partial charge in [0, 0.05) is 30.8 Å². The summed E-state index contributed by atoms with van der Waals surface area (Å²) in [7, 11) is 1.88. The average molecular weight is 501 g/mol. The molecule has 0 saturated heterocycles. The van der Waals surface area contributed by atoms with Crippen molar-refractivity contribution < 1.29 is 17.9 Å². The van der Waals surface area contributed by atoms with Gasteiger partial charge in [-0.05, 0) is 68.7 Å². The molecule has 2 N–H and O–H groups in total. The molecule has 192 valence electrons. The van der Waals surface area contributed by atoms with E-state index in [1.807, 2.05) is 17.8 Å². The van der Waals surface area contributed by atoms with Crippen LogP contribution < -0.4 is 10.5 Å². The molecule has 36 heavy (non-hydrogen) atoms. The first-order chi connectivity index (χ1) is 17.3. The third-order valence-corrected chi connectivity index (χ3v) is 7.39. The maximum Gasteiger partial charge on any atom is 0.416 e. The Bertz CT molecular complexity index is 1220. The van der Waals surface area contributed by atoms with Crippen LogP contribution in [-0.2, 0) is 19.8 Å². The molecule has 1 atom stereocenters. The highest BCUT2D eigenvalue weighted by Gasteiger charge is 2.31. The van der Waals surface area contributed by atoms with Gasteiger partial charge in [0.2, 0.25) is 0 Å². The lowest BCUT2D eigenvalue weighted by Gasteiger charge is -2.28. The number of benzene rings is 1. The van der Waals surface area contributed by atoms with Crippen molar-refractivity contribution in [2.75, 3.05) is 0 Å². The Morgan fingerprint density at radius 1 is 1.11 bits per heavy atom. The van der Waals surface area contributed by atoms with E-state index < -0.39 is 11.7 Å². The molecule has 1 aromatic carbocycles. The highest BCUT2D eigenvalue weighted by Crippen LogP contribution is 2.38. The van der Waals surface area contributed by atoms with Crippen LogP contribution in [0.5, 0.6) is 5.75 Å². The maximum absolute atomic E-state index is 12.9. The summed E-state index contributed by atoms with van der Waals surface area (Å²) in [6, 6.07) is 5.50. The minimum absolute atomic E-state index is 0.0526. The van der Waals surface area contributed by atoms with Gasteiger partial charge in [-0.1, -0.05) is 12.1 Å². The molecule has 2 heterocycles. The smallest absolute Gasteiger partial charge is 0.416 e. The number of ether oxygens (including phenoxy) is 1. The van der Waals surface area contributed by atoms with Crippen LogP contribution in [-0.4, -0.2) is 30.6 Å². The zero-order valence-electron chi connectivity index (χ0n) is 20.3. The quantitative estimate of drug-likeness (QED) is 0.490. The summed E-state index contributed by atoms with van der Waals surface area (Å²) in [5.41, 5.74) is 7.82. The van der Waals surface area contributed by atoms with Gasteiger partial charge in [-0.3, -0.25) is 4.68 Å². The van der Waals surface area contributed by atoms with Crippen LogP contribution in [0.4, 0.5) is 13.2 Å². The molecular formula is C26H31F3N6O. The van der Waals surface area contributed by atoms with Crippen LogP contribution in [0.25, 0.3) is 5.57 Å². The molecular weight excluding hydrogens is 469 g/mol. The van der Waals surface area contributed by atoms with Crippen LogP contribution in [0.2, 0.25) is 0 Å². The Labute approximate surface area is 208 Å². The van der Waals surface area contributed by atoms with Crippen molar-refractivity contribution in [3.63, 3.8) is 0 Å². The van der Waals surface area contributed by atoms with Gasteiger partial charge in [-0.25, -0.2) is 0 Å². The SMILES string of the molecule is Cn1c(COc2cccc(C(F)(F)F)c2)nnc1C1CCC(n2cc(C3=CCC(N)CC3)cn2)CC1. The largest absolute Gasteiger partial charge is 0.486 e. The van der Waals surface area contributed by atoms with Gasteiger partial charge in [0.25, 0.3) is 0 Å². The summed E-state index contributed by atoms with van der Waals surface area (Å²) >= 11 is 0. The molecule has 7 nitrogen and oxygen atoms in total. The van der Waals surface area contributed by atoms with Crippen molar-refractivity contribution in [3.05, 3.63) is 65.5 Å². The molecule has 1 unspecified atom stereocenters. The number of hydrogen-bond acceptors (Lipinski definition) is 5. The second kappa shape index (κ2) is 10.1. The molecule has 1 saturated carbocycles. The normalized spacial score (nSPS) is 22.9. The van der Waals surface area contributed by atoms with Gasteiger partial charge in [-0.2, -0.15) is 18.3 Å². The van der Waals surface area contributed by atoms with Gasteiger partial charge in [-0.15, -0.1) is 10.2 Å². The van der Waals surface area contributed by atoms with Crippen molar-refractivity contribution in [2.24, 2.45) is 12.8 Å². The van der Waals surface area contributed by atoms with Crippen molar-refractivity contribution in [1.82, 2.24) is 24.5 Å². The third-order valence-electron chi connectivity index (χ3n) is 7.39. The summed E-state index contributed by atoms with van der Waals surface area (Å²) in [5.74, 6) is 1.90. The van der Waals surface area contributed by atoms with E-state index in [1.54, 1.807) is 0 Å². The second-order valence-corrected chi connectivity index (χ2v) is 9.83. The van der Waals surface area contributed by atoms with Crippen LogP contribution in [0.3, 0.4) is 0 Å². The van der Waals surface area contributed by atoms with E-state index in [-0.39, 0.29) is 24.3 Å². The monoisotopic (exact) mass is 500 g/mol. The molecule has 2 aliphatic rings. The predicted octanol–water partition coefficient (Wildman–Crippen LogP) is 5.40. The van der Waals surface area contributed by atoms with E-state index in [0.29, 0.717) is 11.9 Å². The Hall–Kier alpha value is -3.14. The zero-order valence-corrected chi connectivity index (χ0v) is 20.3. The first kappa shape index (κ1) is 24.5. The van der Waals surface area contributed by atoms with E-state index in [9.17, 15) is 13.2 Å². The minimum Gasteiger partial charge on any atom is -0.486 e. The highest BCUT2D eigenvalue weighted by molar-refractivity contribution is 5.65. The molecule has 0 radical (unpaired) electrons. The van der Waals surface area contributed by atoms with Crippen LogP contribution in [0, 0.1) is 0 Å². The summed E-state index contributed by atoms with van der Waals surface area (Å²) in [6.45, 7) is 0.0526. The number of nitrogens with two attached hydrogens (primary N) is 1. The summed E-state index contributed by atoms with van der Waals surface area (Å²) in [6.07, 6.45) is 8.86. The first-order valence-corrected chi connectivity index (χ1v) is 12.5. The second-order valence-electron chi connectivity index (χ2n) is 9.83. The standard InChI is InChI=1S/C26H31F3N6O/c1-34-24(16-36-23-4-2-3-20(13-23)26(27,28)29)32-33-25(34)18-7-11-22(12-8-18)35-15-19(14-31-35)17-5-9-21(30)10-6-17/h2-5,13-15,18,21-22H,6-12,16,30H2,1H3. The van der Waals surface area contributed by atoms with E-state index in [2.05, 4.69) is 32.3 Å². The minimum atomic E-state index is -4.41. The lowest BCUT2D eigenvalue weighted by Crippen LogP contribution is -2.21. The number of nitrogens with zero attached hydrogens (tertiary/aromatic N) is 5. The number of rotatable bonds is 6. The average Bonchev–Trinajstić information content (AvgIpc) is 3.50. The van der Waals surface area contributed by atoms with E-state index in [4.69, 9.17) is 10.5 Å². The Balaban J connectivity index is 1.17. The van der Waals surface area contributed by atoms with Crippen LogP contribution >= 0.6 is 0 Å². The molecule has 1 fully saturated rings. The topological polar surface area (TPSA) is 83.8 Å². The summed E-state index contributed by atoms with van der Waals surface area (Å²) < 4.78 is 48.4. The Kier molecular flexibility index (Phi) is 6.87. The molecule has 0 bridgehead atoms. The first-order valence-electron chi connectivity index (χ1n) is 12.5. The zero-order chi connectivity index (χ0) is 25.3. The summed E-state index contributed by atoms with van der Waals surface area (Å²) in [5, 5.41) is 13.3. The maximum atomic E-state index is 12.9. The molecule has 0 amide bonds. The van der Waals surface area contributed by atoms with Crippen molar-refractivity contribution in [2.45, 2.75) is 75.7 Å². The number of aromatic nitrogens is 5. The third kappa shape index (κ3) is 5.33. The molecule has 2 aliphatic carbocycles. The van der Waals surface area contributed by atoms with Crippen molar-refractivity contribution in [3.8, 4) is 5.75 Å². The molecule has 0 spiro atoms. The van der Waals surface area contributed by atoms with Crippen molar-refractivity contribution in [1.29, 1.82) is 0 Å². The molecule has 5 rings (SSSR count). The molecule has 10 heteroatoms. The predicted molar refractivity (Wildman–Crippen MR) is 129 cm³/mol. The van der Waals surface area contributed by atoms with E-state index in [0.717, 1.165) is 62.9 Å². The fourth-order valence-corrected chi connectivity index (χ4v) is 5.19. The summed E-state index contributed by atoms with van der Waals surface area (Å²) in [4.78, 5) is 0. The molecule has 2 aromatic heterocycles.